The Labute approximate surface area is 227 Å². The van der Waals surface area contributed by atoms with Crippen LogP contribution < -0.4 is 22.5 Å². The van der Waals surface area contributed by atoms with Gasteiger partial charge in [-0.25, -0.2) is 9.59 Å². The zero-order valence-electron chi connectivity index (χ0n) is 22.4. The van der Waals surface area contributed by atoms with E-state index in [1.807, 2.05) is 24.3 Å². The second-order valence-electron chi connectivity index (χ2n) is 11.4. The minimum absolute atomic E-state index is 0.0469. The Balaban J connectivity index is 1.12. The van der Waals surface area contributed by atoms with Crippen molar-refractivity contribution in [3.8, 4) is 5.69 Å². The van der Waals surface area contributed by atoms with Gasteiger partial charge in [-0.15, -0.1) is 0 Å². The van der Waals surface area contributed by atoms with E-state index in [1.165, 1.54) is 28.4 Å². The van der Waals surface area contributed by atoms with Gasteiger partial charge in [0.15, 0.2) is 0 Å². The van der Waals surface area contributed by atoms with Crippen LogP contribution in [0.1, 0.15) is 25.3 Å². The number of piperidine rings is 1. The molecule has 1 saturated carbocycles. The molecule has 3 atom stereocenters. The van der Waals surface area contributed by atoms with Gasteiger partial charge in [-0.05, 0) is 62.4 Å². The van der Waals surface area contributed by atoms with Gasteiger partial charge in [-0.2, -0.15) is 4.98 Å². The Morgan fingerprint density at radius 1 is 1.13 bits per heavy atom. The van der Waals surface area contributed by atoms with Gasteiger partial charge in [-0.1, -0.05) is 12.1 Å². The van der Waals surface area contributed by atoms with E-state index in [0.717, 1.165) is 32.5 Å². The van der Waals surface area contributed by atoms with E-state index in [2.05, 4.69) is 15.2 Å². The number of benzene rings is 1. The molecule has 3 heterocycles. The molecule has 0 spiro atoms. The lowest BCUT2D eigenvalue weighted by Crippen LogP contribution is -2.60. The fourth-order valence-electron chi connectivity index (χ4n) is 5.52. The summed E-state index contributed by atoms with van der Waals surface area (Å²) in [7, 11) is 0. The summed E-state index contributed by atoms with van der Waals surface area (Å²) in [6.45, 7) is 5.29. The number of hydrogen-bond acceptors (Lipinski definition) is 8. The second kappa shape index (κ2) is 10.7. The molecule has 3 aliphatic rings. The van der Waals surface area contributed by atoms with Gasteiger partial charge in [0.25, 0.3) is 0 Å². The number of piperazine rings is 1. The molecule has 1 aromatic carbocycles. The molecular weight excluding hydrogens is 500 g/mol. The van der Waals surface area contributed by atoms with E-state index in [4.69, 9.17) is 11.5 Å². The first kappa shape index (κ1) is 27.3. The molecule has 12 heteroatoms. The molecule has 3 fully saturated rings. The number of fused-ring (bicyclic) bond motifs is 1. The van der Waals surface area contributed by atoms with Crippen molar-refractivity contribution in [1.82, 2.24) is 24.3 Å². The number of anilines is 1. The molecule has 1 aliphatic carbocycles. The molecule has 0 bridgehead atoms. The molecular formula is C27H38N8O4. The number of hydrogen-bond donors (Lipinski definition) is 4. The lowest BCUT2D eigenvalue weighted by atomic mass is 10.0. The molecule has 39 heavy (non-hydrogen) atoms. The number of nitrogens with two attached hydrogens (primary N) is 2. The topological polar surface area (TPSA) is 163 Å². The standard InChI is InChI=1S/C27H38N8O4/c1-26(28,18-36)23(37)33-12-14-34(15-13-33)24(38)30-22-8-11-35(25(39)31-22)21-4-2-19(3-5-21)6-9-32-10-7-20-16-27(20,29)17-32/h2-5,8,11,20,36H,6-7,9-10,12-18,28-29H2,1H3,(H,30,31,38,39)/t20?,26-,27?/m1/s1. The van der Waals surface area contributed by atoms with Gasteiger partial charge in [0.2, 0.25) is 5.91 Å². The predicted octanol–water partition coefficient (Wildman–Crippen LogP) is -0.416. The summed E-state index contributed by atoms with van der Waals surface area (Å²) in [5.74, 6) is 0.517. The van der Waals surface area contributed by atoms with Crippen molar-refractivity contribution in [2.45, 2.75) is 37.3 Å². The molecule has 6 N–H and O–H groups in total. The number of likely N-dealkylation sites (tertiary alicyclic amines) is 1. The van der Waals surface area contributed by atoms with Gasteiger partial charge < -0.3 is 31.3 Å². The van der Waals surface area contributed by atoms with Crippen molar-refractivity contribution in [3.05, 3.63) is 52.6 Å². The Kier molecular flexibility index (Phi) is 7.47. The van der Waals surface area contributed by atoms with Gasteiger partial charge in [0, 0.05) is 51.0 Å². The van der Waals surface area contributed by atoms with Crippen LogP contribution in [0.15, 0.2) is 41.3 Å². The van der Waals surface area contributed by atoms with Crippen LogP contribution in [-0.4, -0.2) is 105 Å². The molecule has 2 saturated heterocycles. The molecule has 12 nitrogen and oxygen atoms in total. The molecule has 210 valence electrons. The fourth-order valence-corrected chi connectivity index (χ4v) is 5.52. The lowest BCUT2D eigenvalue weighted by molar-refractivity contribution is -0.139. The second-order valence-corrected chi connectivity index (χ2v) is 11.4. The molecule has 0 radical (unpaired) electrons. The number of carbonyl (C=O) groups is 2. The first-order valence-corrected chi connectivity index (χ1v) is 13.5. The zero-order chi connectivity index (χ0) is 27.8. The van der Waals surface area contributed by atoms with Crippen molar-refractivity contribution in [3.63, 3.8) is 0 Å². The molecule has 2 aliphatic heterocycles. The molecule has 5 rings (SSSR count). The van der Waals surface area contributed by atoms with E-state index in [9.17, 15) is 19.5 Å². The van der Waals surface area contributed by atoms with Crippen molar-refractivity contribution in [1.29, 1.82) is 0 Å². The first-order valence-electron chi connectivity index (χ1n) is 13.5. The molecule has 3 amide bonds. The Morgan fingerprint density at radius 2 is 1.82 bits per heavy atom. The van der Waals surface area contributed by atoms with E-state index >= 15 is 0 Å². The largest absolute Gasteiger partial charge is 0.394 e. The minimum atomic E-state index is -1.35. The van der Waals surface area contributed by atoms with Crippen LogP contribution in [0.25, 0.3) is 5.69 Å². The SMILES string of the molecule is C[C@@](N)(CO)C(=O)N1CCN(C(=O)Nc2ccn(-c3ccc(CCN4CCC5CC5(N)C4)cc3)c(=O)n2)CC1. The van der Waals surface area contributed by atoms with Gasteiger partial charge in [0.1, 0.15) is 11.4 Å². The monoisotopic (exact) mass is 538 g/mol. The summed E-state index contributed by atoms with van der Waals surface area (Å²) in [5.41, 5.74) is 12.3. The number of rotatable bonds is 7. The highest BCUT2D eigenvalue weighted by Gasteiger charge is 2.53. The maximum atomic E-state index is 12.7. The molecule has 1 aromatic heterocycles. The number of aliphatic hydroxyl groups is 1. The molecule has 2 aromatic rings. The summed E-state index contributed by atoms with van der Waals surface area (Å²) in [4.78, 5) is 47.4. The van der Waals surface area contributed by atoms with Crippen LogP contribution in [0, 0.1) is 5.92 Å². The minimum Gasteiger partial charge on any atom is -0.394 e. The number of carbonyl (C=O) groups excluding carboxylic acids is 2. The van der Waals surface area contributed by atoms with E-state index in [1.54, 1.807) is 17.2 Å². The number of nitrogens with zero attached hydrogens (tertiary/aromatic N) is 5. The van der Waals surface area contributed by atoms with Crippen LogP contribution in [0.2, 0.25) is 0 Å². The van der Waals surface area contributed by atoms with E-state index in [-0.39, 0.29) is 17.3 Å². The van der Waals surface area contributed by atoms with Gasteiger partial charge in [-0.3, -0.25) is 14.7 Å². The smallest absolute Gasteiger partial charge is 0.354 e. The number of amides is 3. The Hall–Kier alpha value is -3.32. The summed E-state index contributed by atoms with van der Waals surface area (Å²) in [6.07, 6.45) is 4.87. The van der Waals surface area contributed by atoms with Crippen molar-refractivity contribution in [2.24, 2.45) is 17.4 Å². The quantitative estimate of drug-likeness (QED) is 0.369. The Morgan fingerprint density at radius 3 is 2.46 bits per heavy atom. The number of aliphatic hydroxyl groups excluding tert-OH is 1. The lowest BCUT2D eigenvalue weighted by Gasteiger charge is -2.37. The van der Waals surface area contributed by atoms with E-state index in [0.29, 0.717) is 37.8 Å². The zero-order valence-corrected chi connectivity index (χ0v) is 22.4. The highest BCUT2D eigenvalue weighted by atomic mass is 16.3. The Bertz CT molecular complexity index is 1270. The predicted molar refractivity (Wildman–Crippen MR) is 146 cm³/mol. The van der Waals surface area contributed by atoms with Crippen LogP contribution >= 0.6 is 0 Å². The van der Waals surface area contributed by atoms with Gasteiger partial charge >= 0.3 is 11.7 Å². The number of nitrogens with one attached hydrogen (secondary N) is 1. The van der Waals surface area contributed by atoms with Crippen molar-refractivity contribution in [2.75, 3.05) is 57.7 Å². The summed E-state index contributed by atoms with van der Waals surface area (Å²) in [6, 6.07) is 9.03. The van der Waals surface area contributed by atoms with E-state index < -0.39 is 23.9 Å². The summed E-state index contributed by atoms with van der Waals surface area (Å²) in [5, 5.41) is 12.0. The third-order valence-electron chi connectivity index (χ3n) is 8.23. The molecule has 2 unspecified atom stereocenters. The average molecular weight is 539 g/mol. The summed E-state index contributed by atoms with van der Waals surface area (Å²) < 4.78 is 1.44. The maximum absolute atomic E-state index is 12.7. The van der Waals surface area contributed by atoms with Crippen LogP contribution in [-0.2, 0) is 11.2 Å². The van der Waals surface area contributed by atoms with Crippen molar-refractivity contribution >= 4 is 17.8 Å². The van der Waals surface area contributed by atoms with Crippen molar-refractivity contribution < 1.29 is 14.7 Å². The van der Waals surface area contributed by atoms with Crippen LogP contribution in [0.4, 0.5) is 10.6 Å². The van der Waals surface area contributed by atoms with Crippen LogP contribution in [0.3, 0.4) is 0 Å². The number of urea groups is 1. The fraction of sp³-hybridized carbons (Fsp3) is 0.556. The summed E-state index contributed by atoms with van der Waals surface area (Å²) >= 11 is 0. The normalized spacial score (nSPS) is 24.6. The average Bonchev–Trinajstić information content (AvgIpc) is 3.62. The highest BCUT2D eigenvalue weighted by molar-refractivity contribution is 5.89. The highest BCUT2D eigenvalue weighted by Crippen LogP contribution is 2.46. The first-order chi connectivity index (χ1) is 18.6. The third-order valence-corrected chi connectivity index (χ3v) is 8.23. The van der Waals surface area contributed by atoms with Crippen LogP contribution in [0.5, 0.6) is 0 Å². The number of aromatic nitrogens is 2. The third kappa shape index (κ3) is 5.98. The maximum Gasteiger partial charge on any atom is 0.354 e. The van der Waals surface area contributed by atoms with Gasteiger partial charge in [0.05, 0.1) is 12.3 Å².